The highest BCUT2D eigenvalue weighted by molar-refractivity contribution is 5.26. The summed E-state index contributed by atoms with van der Waals surface area (Å²) in [7, 11) is 0. The van der Waals surface area contributed by atoms with Gasteiger partial charge in [0.2, 0.25) is 0 Å². The fourth-order valence-electron chi connectivity index (χ4n) is 1.81. The number of benzene rings is 1. The molecule has 1 N–H and O–H groups in total. The molecule has 1 aliphatic carbocycles. The van der Waals surface area contributed by atoms with E-state index in [1.54, 1.807) is 0 Å². The van der Waals surface area contributed by atoms with Crippen LogP contribution in [-0.2, 0) is 12.7 Å². The molecule has 106 valence electrons. The van der Waals surface area contributed by atoms with Crippen molar-refractivity contribution in [1.82, 2.24) is 5.32 Å². The summed E-state index contributed by atoms with van der Waals surface area (Å²) in [5.41, 5.74) is -2.59. The topological polar surface area (TPSA) is 12.0 Å². The molecule has 0 amide bonds. The Morgan fingerprint density at radius 1 is 1.05 bits per heavy atom. The van der Waals surface area contributed by atoms with Crippen molar-refractivity contribution in [3.05, 3.63) is 35.4 Å². The maximum absolute atomic E-state index is 12.6. The Bertz CT molecular complexity index is 458. The molecule has 0 aromatic heterocycles. The lowest BCUT2D eigenvalue weighted by Crippen LogP contribution is -2.44. The van der Waals surface area contributed by atoms with Gasteiger partial charge in [0, 0.05) is 6.54 Å². The highest BCUT2D eigenvalue weighted by Gasteiger charge is 2.62. The molecule has 1 aromatic carbocycles. The van der Waals surface area contributed by atoms with Gasteiger partial charge in [-0.2, -0.15) is 26.3 Å². The van der Waals surface area contributed by atoms with E-state index in [4.69, 9.17) is 0 Å². The molecule has 2 rings (SSSR count). The van der Waals surface area contributed by atoms with Gasteiger partial charge in [0.25, 0.3) is 0 Å². The number of hydrogen-bond acceptors (Lipinski definition) is 1. The standard InChI is InChI=1S/C12H11F6N/c13-11(14,15)9-3-1-2-8(6-9)7-19-10(4-5-10)12(16,17)18/h1-3,6,19H,4-5,7H2. The molecule has 1 fully saturated rings. The quantitative estimate of drug-likeness (QED) is 0.830. The third-order valence-electron chi connectivity index (χ3n) is 3.18. The van der Waals surface area contributed by atoms with Gasteiger partial charge in [0.1, 0.15) is 5.54 Å². The average Bonchev–Trinajstić information content (AvgIpc) is 3.06. The van der Waals surface area contributed by atoms with Crippen molar-refractivity contribution in [3.63, 3.8) is 0 Å². The van der Waals surface area contributed by atoms with Crippen molar-refractivity contribution in [2.75, 3.05) is 0 Å². The molecule has 0 spiro atoms. The van der Waals surface area contributed by atoms with E-state index in [0.29, 0.717) is 0 Å². The van der Waals surface area contributed by atoms with Gasteiger partial charge >= 0.3 is 12.4 Å². The van der Waals surface area contributed by atoms with E-state index in [-0.39, 0.29) is 24.9 Å². The first-order valence-corrected chi connectivity index (χ1v) is 5.62. The molecule has 1 nitrogen and oxygen atoms in total. The summed E-state index contributed by atoms with van der Waals surface area (Å²) in [5.74, 6) is 0. The zero-order valence-electron chi connectivity index (χ0n) is 9.70. The minimum absolute atomic E-state index is 0.0323. The Balaban J connectivity index is 2.05. The van der Waals surface area contributed by atoms with E-state index in [1.807, 2.05) is 0 Å². The van der Waals surface area contributed by atoms with Crippen LogP contribution >= 0.6 is 0 Å². The van der Waals surface area contributed by atoms with Crippen LogP contribution in [0, 0.1) is 0 Å². The van der Waals surface area contributed by atoms with Gasteiger partial charge in [-0.05, 0) is 24.5 Å². The SMILES string of the molecule is FC(F)(F)c1cccc(CNC2(C(F)(F)F)CC2)c1. The summed E-state index contributed by atoms with van der Waals surface area (Å²) in [6, 6.07) is 4.31. The minimum Gasteiger partial charge on any atom is -0.299 e. The Hall–Kier alpha value is -1.24. The van der Waals surface area contributed by atoms with E-state index in [2.05, 4.69) is 5.32 Å². The number of hydrogen-bond donors (Lipinski definition) is 1. The van der Waals surface area contributed by atoms with Crippen LogP contribution in [-0.4, -0.2) is 11.7 Å². The molecule has 0 radical (unpaired) electrons. The van der Waals surface area contributed by atoms with Crippen LogP contribution in [0.5, 0.6) is 0 Å². The van der Waals surface area contributed by atoms with Crippen LogP contribution in [0.3, 0.4) is 0 Å². The molecule has 1 aromatic rings. The number of halogens is 6. The van der Waals surface area contributed by atoms with Crippen molar-refractivity contribution in [2.24, 2.45) is 0 Å². The Morgan fingerprint density at radius 3 is 2.16 bits per heavy atom. The zero-order chi connectivity index (χ0) is 14.3. The molecule has 1 aliphatic rings. The van der Waals surface area contributed by atoms with Gasteiger partial charge in [-0.1, -0.05) is 18.2 Å². The second-order valence-electron chi connectivity index (χ2n) is 4.63. The second kappa shape index (κ2) is 4.40. The zero-order valence-corrected chi connectivity index (χ0v) is 9.70. The Kier molecular flexibility index (Phi) is 3.28. The Labute approximate surface area is 105 Å². The third kappa shape index (κ3) is 3.02. The first-order chi connectivity index (χ1) is 8.64. The van der Waals surface area contributed by atoms with Crippen LogP contribution < -0.4 is 5.32 Å². The molecule has 7 heteroatoms. The van der Waals surface area contributed by atoms with Gasteiger partial charge in [-0.15, -0.1) is 0 Å². The van der Waals surface area contributed by atoms with Crippen molar-refractivity contribution in [1.29, 1.82) is 0 Å². The summed E-state index contributed by atoms with van der Waals surface area (Å²) >= 11 is 0. The third-order valence-corrected chi connectivity index (χ3v) is 3.18. The molecule has 0 unspecified atom stereocenters. The van der Waals surface area contributed by atoms with Gasteiger partial charge in [0.15, 0.2) is 0 Å². The first kappa shape index (κ1) is 14.2. The lowest BCUT2D eigenvalue weighted by Gasteiger charge is -2.21. The normalized spacial score (nSPS) is 18.4. The monoisotopic (exact) mass is 283 g/mol. The highest BCUT2D eigenvalue weighted by Crippen LogP contribution is 2.49. The highest BCUT2D eigenvalue weighted by atomic mass is 19.4. The van der Waals surface area contributed by atoms with Crippen LogP contribution in [0.2, 0.25) is 0 Å². The molecule has 0 saturated heterocycles. The fraction of sp³-hybridized carbons (Fsp3) is 0.500. The summed E-state index contributed by atoms with van der Waals surface area (Å²) in [6.07, 6.45) is -8.92. The summed E-state index contributed by atoms with van der Waals surface area (Å²) < 4.78 is 75.2. The second-order valence-corrected chi connectivity index (χ2v) is 4.63. The number of nitrogens with one attached hydrogen (secondary N) is 1. The van der Waals surface area contributed by atoms with Crippen LogP contribution in [0.4, 0.5) is 26.3 Å². The number of alkyl halides is 6. The van der Waals surface area contributed by atoms with Crippen molar-refractivity contribution >= 4 is 0 Å². The van der Waals surface area contributed by atoms with Crippen molar-refractivity contribution in [3.8, 4) is 0 Å². The summed E-state index contributed by atoms with van der Waals surface area (Å²) in [4.78, 5) is 0. The van der Waals surface area contributed by atoms with Gasteiger partial charge < -0.3 is 0 Å². The minimum atomic E-state index is -4.49. The molecule has 0 aliphatic heterocycles. The molecular weight excluding hydrogens is 272 g/mol. The van der Waals surface area contributed by atoms with E-state index in [0.717, 1.165) is 12.1 Å². The van der Waals surface area contributed by atoms with E-state index < -0.39 is 23.5 Å². The fourth-order valence-corrected chi connectivity index (χ4v) is 1.81. The van der Waals surface area contributed by atoms with E-state index in [1.165, 1.54) is 12.1 Å². The molecule has 19 heavy (non-hydrogen) atoms. The molecule has 0 atom stereocenters. The maximum Gasteiger partial charge on any atom is 0.416 e. The van der Waals surface area contributed by atoms with Gasteiger partial charge in [-0.3, -0.25) is 5.32 Å². The van der Waals surface area contributed by atoms with Gasteiger partial charge in [0.05, 0.1) is 5.56 Å². The largest absolute Gasteiger partial charge is 0.416 e. The first-order valence-electron chi connectivity index (χ1n) is 5.62. The molecule has 0 heterocycles. The molecule has 0 bridgehead atoms. The maximum atomic E-state index is 12.6. The molecule has 1 saturated carbocycles. The van der Waals surface area contributed by atoms with Crippen LogP contribution in [0.25, 0.3) is 0 Å². The molecular formula is C12H11F6N. The van der Waals surface area contributed by atoms with Crippen molar-refractivity contribution in [2.45, 2.75) is 37.3 Å². The lowest BCUT2D eigenvalue weighted by atomic mass is 10.1. The summed E-state index contributed by atoms with van der Waals surface area (Å²) in [6.45, 7) is -0.233. The Morgan fingerprint density at radius 2 is 1.68 bits per heavy atom. The summed E-state index contributed by atoms with van der Waals surface area (Å²) in [5, 5.41) is 2.31. The van der Waals surface area contributed by atoms with Gasteiger partial charge in [-0.25, -0.2) is 0 Å². The average molecular weight is 283 g/mol. The van der Waals surface area contributed by atoms with Crippen LogP contribution in [0.1, 0.15) is 24.0 Å². The lowest BCUT2D eigenvalue weighted by molar-refractivity contribution is -0.166. The van der Waals surface area contributed by atoms with Crippen molar-refractivity contribution < 1.29 is 26.3 Å². The van der Waals surface area contributed by atoms with Crippen LogP contribution in [0.15, 0.2) is 24.3 Å². The number of rotatable bonds is 3. The predicted molar refractivity (Wildman–Crippen MR) is 56.3 cm³/mol. The predicted octanol–water partition coefficient (Wildman–Crippen LogP) is 3.89. The van der Waals surface area contributed by atoms with E-state index >= 15 is 0 Å². The smallest absolute Gasteiger partial charge is 0.299 e. The van der Waals surface area contributed by atoms with E-state index in [9.17, 15) is 26.3 Å².